The third-order valence-corrected chi connectivity index (χ3v) is 6.02. The Bertz CT molecular complexity index is 832. The molecular formula is C16H16N4O2S2. The largest absolute Gasteiger partial charge is 0.462 e. The number of likely N-dealkylation sites (tertiary alicyclic amines) is 1. The summed E-state index contributed by atoms with van der Waals surface area (Å²) in [7, 11) is 0. The molecule has 24 heavy (non-hydrogen) atoms. The van der Waals surface area contributed by atoms with Crippen molar-refractivity contribution in [3.8, 4) is 10.8 Å². The van der Waals surface area contributed by atoms with Crippen LogP contribution in [0.2, 0.25) is 0 Å². The monoisotopic (exact) mass is 360 g/mol. The molecule has 6 nitrogen and oxygen atoms in total. The summed E-state index contributed by atoms with van der Waals surface area (Å²) in [6, 6.07) is 3.74. The summed E-state index contributed by atoms with van der Waals surface area (Å²) in [5.74, 6) is 1.14. The summed E-state index contributed by atoms with van der Waals surface area (Å²) >= 11 is 3.09. The van der Waals surface area contributed by atoms with Gasteiger partial charge < -0.3 is 9.32 Å². The van der Waals surface area contributed by atoms with E-state index < -0.39 is 0 Å². The fraction of sp³-hybridized carbons (Fsp3) is 0.375. The molecule has 1 aliphatic rings. The Morgan fingerprint density at radius 1 is 1.33 bits per heavy atom. The van der Waals surface area contributed by atoms with E-state index in [1.165, 1.54) is 11.3 Å². The van der Waals surface area contributed by atoms with Gasteiger partial charge in [-0.05, 0) is 31.9 Å². The molecule has 3 aromatic heterocycles. The lowest BCUT2D eigenvalue weighted by Gasteiger charge is -2.30. The summed E-state index contributed by atoms with van der Waals surface area (Å²) in [6.45, 7) is 3.38. The topological polar surface area (TPSA) is 72.1 Å². The van der Waals surface area contributed by atoms with Gasteiger partial charge in [-0.1, -0.05) is 11.3 Å². The highest BCUT2D eigenvalue weighted by molar-refractivity contribution is 7.14. The van der Waals surface area contributed by atoms with E-state index >= 15 is 0 Å². The van der Waals surface area contributed by atoms with Crippen molar-refractivity contribution < 1.29 is 9.21 Å². The van der Waals surface area contributed by atoms with E-state index in [1.807, 2.05) is 29.3 Å². The second-order valence-corrected chi connectivity index (χ2v) is 7.81. The van der Waals surface area contributed by atoms with E-state index in [-0.39, 0.29) is 5.91 Å². The van der Waals surface area contributed by atoms with Gasteiger partial charge in [0.05, 0.1) is 11.3 Å². The molecule has 1 aliphatic heterocycles. The summed E-state index contributed by atoms with van der Waals surface area (Å²) in [6.07, 6.45) is 3.45. The van der Waals surface area contributed by atoms with Crippen LogP contribution in [0.4, 0.5) is 0 Å². The third kappa shape index (κ3) is 2.99. The third-order valence-electron chi connectivity index (χ3n) is 4.14. The number of piperidine rings is 1. The molecule has 0 saturated carbocycles. The van der Waals surface area contributed by atoms with Crippen molar-refractivity contribution in [3.05, 3.63) is 39.5 Å². The lowest BCUT2D eigenvalue weighted by atomic mass is 9.97. The molecule has 8 heteroatoms. The molecule has 1 fully saturated rings. The van der Waals surface area contributed by atoms with Crippen LogP contribution < -0.4 is 0 Å². The molecular weight excluding hydrogens is 344 g/mol. The molecule has 4 heterocycles. The molecule has 1 saturated heterocycles. The van der Waals surface area contributed by atoms with Gasteiger partial charge in [0, 0.05) is 24.4 Å². The van der Waals surface area contributed by atoms with Crippen LogP contribution in [0.3, 0.4) is 0 Å². The standard InChI is InChI=1S/C16H16N4O2S2/c1-10-17-12(9-23-10)16(21)20-6-4-11(5-7-20)14-18-19-15(24-14)13-3-2-8-22-13/h2-3,8-9,11H,4-7H2,1H3. The van der Waals surface area contributed by atoms with Crippen molar-refractivity contribution in [1.29, 1.82) is 0 Å². The molecule has 0 unspecified atom stereocenters. The number of amides is 1. The second kappa shape index (κ2) is 6.45. The Morgan fingerprint density at radius 3 is 2.83 bits per heavy atom. The smallest absolute Gasteiger partial charge is 0.273 e. The van der Waals surface area contributed by atoms with Crippen LogP contribution in [-0.2, 0) is 0 Å². The zero-order valence-electron chi connectivity index (χ0n) is 13.1. The summed E-state index contributed by atoms with van der Waals surface area (Å²) in [4.78, 5) is 18.6. The quantitative estimate of drug-likeness (QED) is 0.714. The Hall–Kier alpha value is -2.06. The normalized spacial score (nSPS) is 15.8. The fourth-order valence-electron chi connectivity index (χ4n) is 2.85. The molecule has 0 bridgehead atoms. The summed E-state index contributed by atoms with van der Waals surface area (Å²) < 4.78 is 5.37. The molecule has 0 aromatic carbocycles. The van der Waals surface area contributed by atoms with Crippen LogP contribution >= 0.6 is 22.7 Å². The van der Waals surface area contributed by atoms with E-state index in [0.717, 1.165) is 46.7 Å². The molecule has 0 aliphatic carbocycles. The second-order valence-electron chi connectivity index (χ2n) is 5.74. The predicted molar refractivity (Wildman–Crippen MR) is 92.3 cm³/mol. The first-order valence-electron chi connectivity index (χ1n) is 7.79. The average Bonchev–Trinajstić information content (AvgIpc) is 3.35. The number of rotatable bonds is 3. The maximum atomic E-state index is 12.4. The number of aromatic nitrogens is 3. The van der Waals surface area contributed by atoms with Gasteiger partial charge >= 0.3 is 0 Å². The number of hydrogen-bond acceptors (Lipinski definition) is 7. The summed E-state index contributed by atoms with van der Waals surface area (Å²) in [5, 5.41) is 13.1. The first-order chi connectivity index (χ1) is 11.7. The zero-order chi connectivity index (χ0) is 16.5. The van der Waals surface area contributed by atoms with Crippen molar-refractivity contribution in [3.63, 3.8) is 0 Å². The Labute approximate surface area is 147 Å². The van der Waals surface area contributed by atoms with Gasteiger partial charge in [-0.15, -0.1) is 21.5 Å². The predicted octanol–water partition coefficient (Wildman–Crippen LogP) is 3.58. The number of carbonyl (C=O) groups is 1. The van der Waals surface area contributed by atoms with Gasteiger partial charge in [-0.2, -0.15) is 0 Å². The molecule has 1 amide bonds. The molecule has 3 aromatic rings. The minimum Gasteiger partial charge on any atom is -0.462 e. The van der Waals surface area contributed by atoms with E-state index in [9.17, 15) is 4.79 Å². The zero-order valence-corrected chi connectivity index (χ0v) is 14.8. The highest BCUT2D eigenvalue weighted by Crippen LogP contribution is 2.33. The molecule has 124 valence electrons. The van der Waals surface area contributed by atoms with Crippen LogP contribution in [0.1, 0.15) is 39.3 Å². The lowest BCUT2D eigenvalue weighted by Crippen LogP contribution is -2.38. The number of hydrogen-bond donors (Lipinski definition) is 0. The summed E-state index contributed by atoms with van der Waals surface area (Å²) in [5.41, 5.74) is 0.562. The number of furan rings is 1. The van der Waals surface area contributed by atoms with Crippen molar-refractivity contribution in [2.45, 2.75) is 25.7 Å². The van der Waals surface area contributed by atoms with Crippen molar-refractivity contribution in [2.24, 2.45) is 0 Å². The van der Waals surface area contributed by atoms with Crippen molar-refractivity contribution in [1.82, 2.24) is 20.1 Å². The van der Waals surface area contributed by atoms with Crippen LogP contribution in [-0.4, -0.2) is 39.1 Å². The Kier molecular flexibility index (Phi) is 4.15. The van der Waals surface area contributed by atoms with Crippen LogP contribution in [0, 0.1) is 6.92 Å². The number of carbonyl (C=O) groups excluding carboxylic acids is 1. The number of nitrogens with zero attached hydrogens (tertiary/aromatic N) is 4. The van der Waals surface area contributed by atoms with Crippen LogP contribution in [0.25, 0.3) is 10.8 Å². The number of aryl methyl sites for hydroxylation is 1. The van der Waals surface area contributed by atoms with Crippen molar-refractivity contribution >= 4 is 28.6 Å². The Balaban J connectivity index is 1.40. The lowest BCUT2D eigenvalue weighted by molar-refractivity contribution is 0.0707. The Morgan fingerprint density at radius 2 is 2.17 bits per heavy atom. The van der Waals surface area contributed by atoms with Gasteiger partial charge in [-0.25, -0.2) is 4.98 Å². The highest BCUT2D eigenvalue weighted by Gasteiger charge is 2.28. The van der Waals surface area contributed by atoms with Crippen molar-refractivity contribution in [2.75, 3.05) is 13.1 Å². The molecule has 0 N–H and O–H groups in total. The molecule has 0 radical (unpaired) electrons. The highest BCUT2D eigenvalue weighted by atomic mass is 32.1. The van der Waals surface area contributed by atoms with Gasteiger partial charge in [0.15, 0.2) is 10.8 Å². The van der Waals surface area contributed by atoms with E-state index in [0.29, 0.717) is 11.6 Å². The first kappa shape index (κ1) is 15.5. The molecule has 4 rings (SSSR count). The number of thiazole rings is 1. The maximum Gasteiger partial charge on any atom is 0.273 e. The van der Waals surface area contributed by atoms with Crippen LogP contribution in [0.15, 0.2) is 28.2 Å². The minimum absolute atomic E-state index is 0.0336. The first-order valence-corrected chi connectivity index (χ1v) is 9.49. The minimum atomic E-state index is 0.0336. The van der Waals surface area contributed by atoms with Gasteiger partial charge in [-0.3, -0.25) is 4.79 Å². The van der Waals surface area contributed by atoms with Gasteiger partial charge in [0.1, 0.15) is 10.7 Å². The van der Waals surface area contributed by atoms with E-state index in [4.69, 9.17) is 4.42 Å². The van der Waals surface area contributed by atoms with E-state index in [2.05, 4.69) is 15.2 Å². The SMILES string of the molecule is Cc1nc(C(=O)N2CCC(c3nnc(-c4ccco4)s3)CC2)cs1. The fourth-order valence-corrected chi connectivity index (χ4v) is 4.42. The van der Waals surface area contributed by atoms with E-state index in [1.54, 1.807) is 17.6 Å². The van der Waals surface area contributed by atoms with Gasteiger partial charge in [0.25, 0.3) is 5.91 Å². The maximum absolute atomic E-state index is 12.4. The molecule has 0 atom stereocenters. The molecule has 0 spiro atoms. The van der Waals surface area contributed by atoms with Crippen LogP contribution in [0.5, 0.6) is 0 Å². The van der Waals surface area contributed by atoms with Gasteiger partial charge in [0.2, 0.25) is 0 Å². The average molecular weight is 360 g/mol.